The first kappa shape index (κ1) is 21.3. The van der Waals surface area contributed by atoms with Gasteiger partial charge in [-0.15, -0.1) is 0 Å². The van der Waals surface area contributed by atoms with Crippen LogP contribution in [0.5, 0.6) is 0 Å². The number of piperidine rings is 1. The Balaban J connectivity index is 2.16. The normalized spacial score (nSPS) is 19.2. The van der Waals surface area contributed by atoms with Gasteiger partial charge in [0.2, 0.25) is 0 Å². The van der Waals surface area contributed by atoms with Gasteiger partial charge in [0, 0.05) is 20.1 Å². The molecular weight excluding hydrogens is 372 g/mol. The zero-order chi connectivity index (χ0) is 21.3. The molecule has 0 saturated carbocycles. The Labute approximate surface area is 172 Å². The van der Waals surface area contributed by atoms with Crippen molar-refractivity contribution in [1.29, 1.82) is 0 Å². The highest BCUT2D eigenvalue weighted by atomic mass is 16.7. The molecule has 3 rings (SSSR count). The van der Waals surface area contributed by atoms with Crippen molar-refractivity contribution in [3.8, 4) is 0 Å². The zero-order valence-corrected chi connectivity index (χ0v) is 18.1. The smallest absolute Gasteiger partial charge is 0.434 e. The van der Waals surface area contributed by atoms with Gasteiger partial charge in [0.05, 0.1) is 19.3 Å². The number of aryl methyl sites for hydroxylation is 3. The van der Waals surface area contributed by atoms with Gasteiger partial charge in [-0.25, -0.2) is 4.79 Å². The van der Waals surface area contributed by atoms with Gasteiger partial charge in [-0.1, -0.05) is 12.1 Å². The Morgan fingerprint density at radius 2 is 1.72 bits per heavy atom. The molecule has 0 aromatic heterocycles. The van der Waals surface area contributed by atoms with Gasteiger partial charge < -0.3 is 19.2 Å². The molecule has 158 valence electrons. The molecule has 0 bridgehead atoms. The number of carbonyl (C=O) groups is 2. The molecule has 0 N–H and O–H groups in total. The van der Waals surface area contributed by atoms with Crippen LogP contribution in [0, 0.1) is 20.8 Å². The zero-order valence-electron chi connectivity index (χ0n) is 18.1. The summed E-state index contributed by atoms with van der Waals surface area (Å²) in [5, 5.41) is 1.85. The highest BCUT2D eigenvalue weighted by Gasteiger charge is 2.54. The Bertz CT molecular complexity index is 853. The highest BCUT2D eigenvalue weighted by Crippen LogP contribution is 2.47. The summed E-state index contributed by atoms with van der Waals surface area (Å²) < 4.78 is 10.8. The molecule has 1 amide bonds. The SMILES string of the molecule is CCOC(=O)OC1=C(c2cc(C)c(C)cc2C)C(=O)N(C)C12CCN(OC)CC2. The molecule has 1 spiro atoms. The number of hydrogen-bond acceptors (Lipinski definition) is 6. The Morgan fingerprint density at radius 1 is 1.10 bits per heavy atom. The summed E-state index contributed by atoms with van der Waals surface area (Å²) in [5.41, 5.74) is 3.77. The molecule has 2 heterocycles. The lowest BCUT2D eigenvalue weighted by molar-refractivity contribution is -0.162. The molecule has 1 saturated heterocycles. The second-order valence-electron chi connectivity index (χ2n) is 7.75. The van der Waals surface area contributed by atoms with E-state index in [1.54, 1.807) is 26.0 Å². The van der Waals surface area contributed by atoms with Crippen LogP contribution in [0.2, 0.25) is 0 Å². The van der Waals surface area contributed by atoms with E-state index >= 15 is 0 Å². The van der Waals surface area contributed by atoms with E-state index in [0.717, 1.165) is 22.3 Å². The van der Waals surface area contributed by atoms with Crippen molar-refractivity contribution in [2.24, 2.45) is 0 Å². The second-order valence-corrected chi connectivity index (χ2v) is 7.75. The first-order chi connectivity index (χ1) is 13.7. The van der Waals surface area contributed by atoms with Gasteiger partial charge in [0.15, 0.2) is 5.76 Å². The summed E-state index contributed by atoms with van der Waals surface area (Å²) in [5.74, 6) is 0.257. The molecule has 0 radical (unpaired) electrons. The Morgan fingerprint density at radius 3 is 2.31 bits per heavy atom. The van der Waals surface area contributed by atoms with Gasteiger partial charge >= 0.3 is 6.16 Å². The number of ether oxygens (including phenoxy) is 2. The third-order valence-corrected chi connectivity index (χ3v) is 6.18. The molecule has 0 unspecified atom stereocenters. The number of rotatable bonds is 4. The molecule has 1 fully saturated rings. The van der Waals surface area contributed by atoms with Crippen molar-refractivity contribution in [1.82, 2.24) is 9.96 Å². The van der Waals surface area contributed by atoms with E-state index in [2.05, 4.69) is 6.07 Å². The average molecular weight is 402 g/mol. The summed E-state index contributed by atoms with van der Waals surface area (Å²) in [6.07, 6.45) is 0.425. The fourth-order valence-electron chi connectivity index (χ4n) is 4.29. The van der Waals surface area contributed by atoms with Crippen LogP contribution in [0.15, 0.2) is 17.9 Å². The quantitative estimate of drug-likeness (QED) is 0.720. The molecule has 0 aliphatic carbocycles. The van der Waals surface area contributed by atoms with E-state index in [4.69, 9.17) is 14.3 Å². The summed E-state index contributed by atoms with van der Waals surface area (Å²) >= 11 is 0. The fraction of sp³-hybridized carbons (Fsp3) is 0.545. The molecule has 7 nitrogen and oxygen atoms in total. The van der Waals surface area contributed by atoms with E-state index in [1.807, 2.05) is 31.9 Å². The minimum atomic E-state index is -0.780. The van der Waals surface area contributed by atoms with Crippen molar-refractivity contribution < 1.29 is 23.9 Å². The molecule has 2 aliphatic rings. The second kappa shape index (κ2) is 8.16. The Hall–Kier alpha value is -2.38. The maximum absolute atomic E-state index is 13.4. The van der Waals surface area contributed by atoms with Crippen molar-refractivity contribution in [3.05, 3.63) is 40.1 Å². The largest absolute Gasteiger partial charge is 0.513 e. The van der Waals surface area contributed by atoms with Gasteiger partial charge in [0.1, 0.15) is 5.54 Å². The van der Waals surface area contributed by atoms with Crippen LogP contribution in [-0.2, 0) is 19.1 Å². The Kier molecular flexibility index (Phi) is 6.00. The standard InChI is InChI=1S/C22H30N2O5/c1-7-28-21(26)29-19-18(17-13-15(3)14(2)12-16(17)4)20(25)23(5)22(19)8-10-24(27-6)11-9-22/h12-13H,7-11H2,1-6H3. The molecular formula is C22H30N2O5. The van der Waals surface area contributed by atoms with Crippen molar-refractivity contribution >= 4 is 17.6 Å². The molecule has 2 aliphatic heterocycles. The van der Waals surface area contributed by atoms with E-state index < -0.39 is 11.7 Å². The van der Waals surface area contributed by atoms with E-state index in [9.17, 15) is 9.59 Å². The van der Waals surface area contributed by atoms with Gasteiger partial charge in [-0.2, -0.15) is 5.06 Å². The number of amides is 1. The minimum absolute atomic E-state index is 0.137. The van der Waals surface area contributed by atoms with E-state index in [-0.39, 0.29) is 12.5 Å². The predicted octanol–water partition coefficient (Wildman–Crippen LogP) is 3.36. The maximum atomic E-state index is 13.4. The monoisotopic (exact) mass is 402 g/mol. The third kappa shape index (κ3) is 3.65. The third-order valence-electron chi connectivity index (χ3n) is 6.18. The number of hydrogen-bond donors (Lipinski definition) is 0. The van der Waals surface area contributed by atoms with Crippen LogP contribution < -0.4 is 0 Å². The molecule has 7 heteroatoms. The first-order valence-corrected chi connectivity index (χ1v) is 10.00. The fourth-order valence-corrected chi connectivity index (χ4v) is 4.29. The number of carbonyl (C=O) groups excluding carboxylic acids is 2. The lowest BCUT2D eigenvalue weighted by atomic mass is 9.84. The summed E-state index contributed by atoms with van der Waals surface area (Å²) in [7, 11) is 3.42. The van der Waals surface area contributed by atoms with Crippen LogP contribution in [0.3, 0.4) is 0 Å². The van der Waals surface area contributed by atoms with Crippen molar-refractivity contribution in [3.63, 3.8) is 0 Å². The number of likely N-dealkylation sites (N-methyl/N-ethyl adjacent to an activating group) is 1. The van der Waals surface area contributed by atoms with Gasteiger partial charge in [0.25, 0.3) is 5.91 Å². The molecule has 29 heavy (non-hydrogen) atoms. The van der Waals surface area contributed by atoms with Crippen molar-refractivity contribution in [2.45, 2.75) is 46.1 Å². The van der Waals surface area contributed by atoms with Crippen LogP contribution >= 0.6 is 0 Å². The lowest BCUT2D eigenvalue weighted by Crippen LogP contribution is -2.53. The predicted molar refractivity (Wildman–Crippen MR) is 109 cm³/mol. The van der Waals surface area contributed by atoms with Crippen LogP contribution in [0.4, 0.5) is 4.79 Å². The summed E-state index contributed by atoms with van der Waals surface area (Å²) in [4.78, 5) is 32.8. The van der Waals surface area contributed by atoms with Crippen LogP contribution in [0.25, 0.3) is 5.57 Å². The molecule has 1 aromatic carbocycles. The lowest BCUT2D eigenvalue weighted by Gasteiger charge is -2.43. The number of benzene rings is 1. The molecule has 0 atom stereocenters. The highest BCUT2D eigenvalue weighted by molar-refractivity contribution is 6.23. The van der Waals surface area contributed by atoms with E-state index in [1.165, 1.54) is 0 Å². The van der Waals surface area contributed by atoms with Gasteiger partial charge in [-0.05, 0) is 62.8 Å². The number of nitrogens with zero attached hydrogens (tertiary/aromatic N) is 2. The minimum Gasteiger partial charge on any atom is -0.434 e. The first-order valence-electron chi connectivity index (χ1n) is 10.00. The topological polar surface area (TPSA) is 68.3 Å². The average Bonchev–Trinajstić information content (AvgIpc) is 2.88. The number of hydroxylamine groups is 2. The van der Waals surface area contributed by atoms with E-state index in [0.29, 0.717) is 37.3 Å². The van der Waals surface area contributed by atoms with Crippen molar-refractivity contribution in [2.75, 3.05) is 33.9 Å². The van der Waals surface area contributed by atoms with Crippen LogP contribution in [0.1, 0.15) is 42.0 Å². The summed E-state index contributed by atoms with van der Waals surface area (Å²) in [6, 6.07) is 4.06. The molecule has 1 aromatic rings. The maximum Gasteiger partial charge on any atom is 0.513 e. The van der Waals surface area contributed by atoms with Gasteiger partial charge in [-0.3, -0.25) is 4.79 Å². The van der Waals surface area contributed by atoms with Crippen LogP contribution in [-0.4, -0.2) is 61.4 Å². The summed E-state index contributed by atoms with van der Waals surface area (Å²) in [6.45, 7) is 9.22.